The summed E-state index contributed by atoms with van der Waals surface area (Å²) in [7, 11) is 0. The molecule has 2 aromatic rings. The molecular formula is C25H31ClN4O3. The van der Waals surface area contributed by atoms with E-state index < -0.39 is 5.54 Å². The van der Waals surface area contributed by atoms with Crippen LogP contribution in [-0.4, -0.2) is 42.1 Å². The highest BCUT2D eigenvalue weighted by Crippen LogP contribution is 2.40. The highest BCUT2D eigenvalue weighted by molar-refractivity contribution is 6.34. The van der Waals surface area contributed by atoms with Crippen LogP contribution in [0.1, 0.15) is 45.6 Å². The van der Waals surface area contributed by atoms with Crippen LogP contribution >= 0.6 is 11.6 Å². The maximum Gasteiger partial charge on any atom is 0.232 e. The van der Waals surface area contributed by atoms with E-state index in [2.05, 4.69) is 10.6 Å². The fourth-order valence-corrected chi connectivity index (χ4v) is 4.88. The normalized spacial score (nSPS) is 21.8. The van der Waals surface area contributed by atoms with Gasteiger partial charge in [-0.15, -0.1) is 0 Å². The Labute approximate surface area is 199 Å². The molecule has 1 unspecified atom stereocenters. The molecule has 7 nitrogen and oxygen atoms in total. The second kappa shape index (κ2) is 9.61. The molecule has 0 saturated carbocycles. The topological polar surface area (TPSA) is 86.7 Å². The number of nitrogens with one attached hydrogen (secondary N) is 3. The molecule has 2 saturated heterocycles. The molecule has 1 atom stereocenters. The third-order valence-corrected chi connectivity index (χ3v) is 6.48. The number of hydrogen-bond donors (Lipinski definition) is 3. The molecule has 4 rings (SSSR count). The van der Waals surface area contributed by atoms with E-state index in [0.717, 1.165) is 29.8 Å². The molecular weight excluding hydrogens is 440 g/mol. The van der Waals surface area contributed by atoms with Gasteiger partial charge in [-0.1, -0.05) is 35.9 Å². The Morgan fingerprint density at radius 1 is 1.18 bits per heavy atom. The van der Waals surface area contributed by atoms with Gasteiger partial charge in [-0.25, -0.2) is 0 Å². The number of nitrogens with zero attached hydrogens (tertiary/aromatic N) is 1. The standard InChI is InChI=1S/C25H31ClN4O3/c1-16(2)33-21-10-5-4-8-19(21)28-20-9-6-7-18(23(20)26)25(3)15-22(31)30(24(27)29-25)17-11-13-32-14-12-17/h4-10,16-17,28H,11-15H2,1-3H3,(H2,27,29). The van der Waals surface area contributed by atoms with E-state index in [4.69, 9.17) is 26.5 Å². The Balaban J connectivity index is 1.59. The van der Waals surface area contributed by atoms with Gasteiger partial charge in [0.05, 0.1) is 34.5 Å². The molecule has 2 aromatic carbocycles. The minimum Gasteiger partial charge on any atom is -0.489 e. The summed E-state index contributed by atoms with van der Waals surface area (Å²) in [6.45, 7) is 7.10. The highest BCUT2D eigenvalue weighted by atomic mass is 35.5. The number of guanidine groups is 1. The van der Waals surface area contributed by atoms with E-state index >= 15 is 0 Å². The number of halogens is 1. The van der Waals surface area contributed by atoms with Gasteiger partial charge in [-0.3, -0.25) is 15.1 Å². The van der Waals surface area contributed by atoms with Crippen LogP contribution in [0.4, 0.5) is 11.4 Å². The van der Waals surface area contributed by atoms with Crippen LogP contribution in [0.2, 0.25) is 5.02 Å². The average molecular weight is 471 g/mol. The van der Waals surface area contributed by atoms with E-state index in [0.29, 0.717) is 23.9 Å². The van der Waals surface area contributed by atoms with Crippen molar-refractivity contribution >= 4 is 34.8 Å². The molecule has 3 N–H and O–H groups in total. The second-order valence-electron chi connectivity index (χ2n) is 9.04. The van der Waals surface area contributed by atoms with Gasteiger partial charge in [-0.05, 0) is 57.4 Å². The summed E-state index contributed by atoms with van der Waals surface area (Å²) in [6, 6.07) is 13.4. The van der Waals surface area contributed by atoms with Crippen LogP contribution in [0, 0.1) is 5.41 Å². The number of anilines is 2. The van der Waals surface area contributed by atoms with Gasteiger partial charge in [0.15, 0.2) is 5.96 Å². The smallest absolute Gasteiger partial charge is 0.232 e. The Kier molecular flexibility index (Phi) is 6.81. The summed E-state index contributed by atoms with van der Waals surface area (Å²) in [6.07, 6.45) is 1.73. The molecule has 0 radical (unpaired) electrons. The predicted octanol–water partition coefficient (Wildman–Crippen LogP) is 5.02. The lowest BCUT2D eigenvalue weighted by Gasteiger charge is -2.45. The van der Waals surface area contributed by atoms with Crippen molar-refractivity contribution in [1.29, 1.82) is 5.41 Å². The Bertz CT molecular complexity index is 1020. The summed E-state index contributed by atoms with van der Waals surface area (Å²) >= 11 is 6.87. The van der Waals surface area contributed by atoms with E-state index in [1.165, 1.54) is 0 Å². The van der Waals surface area contributed by atoms with Gasteiger partial charge in [-0.2, -0.15) is 0 Å². The first-order valence-electron chi connectivity index (χ1n) is 11.4. The van der Waals surface area contributed by atoms with Crippen molar-refractivity contribution in [2.75, 3.05) is 18.5 Å². The number of rotatable bonds is 6. The zero-order valence-corrected chi connectivity index (χ0v) is 20.0. The van der Waals surface area contributed by atoms with Crippen molar-refractivity contribution in [3.63, 3.8) is 0 Å². The molecule has 2 fully saturated rings. The highest BCUT2D eigenvalue weighted by Gasteiger charge is 2.43. The summed E-state index contributed by atoms with van der Waals surface area (Å²) < 4.78 is 11.3. The quantitative estimate of drug-likeness (QED) is 0.551. The molecule has 33 heavy (non-hydrogen) atoms. The molecule has 0 bridgehead atoms. The number of amides is 1. The van der Waals surface area contributed by atoms with Crippen LogP contribution in [-0.2, 0) is 15.1 Å². The zero-order chi connectivity index (χ0) is 23.6. The molecule has 2 aliphatic rings. The number of para-hydroxylation sites is 2. The van der Waals surface area contributed by atoms with E-state index in [1.54, 1.807) is 4.90 Å². The van der Waals surface area contributed by atoms with Crippen LogP contribution in [0.15, 0.2) is 42.5 Å². The Morgan fingerprint density at radius 2 is 1.88 bits per heavy atom. The van der Waals surface area contributed by atoms with Crippen LogP contribution in [0.25, 0.3) is 0 Å². The van der Waals surface area contributed by atoms with Crippen molar-refractivity contribution in [2.24, 2.45) is 0 Å². The summed E-state index contributed by atoms with van der Waals surface area (Å²) in [5.74, 6) is 0.782. The minimum atomic E-state index is -0.793. The van der Waals surface area contributed by atoms with Crippen LogP contribution < -0.4 is 15.4 Å². The number of ether oxygens (including phenoxy) is 2. The lowest BCUT2D eigenvalue weighted by molar-refractivity contribution is -0.133. The fourth-order valence-electron chi connectivity index (χ4n) is 4.50. The van der Waals surface area contributed by atoms with E-state index in [9.17, 15) is 4.79 Å². The first kappa shape index (κ1) is 23.4. The van der Waals surface area contributed by atoms with Crippen molar-refractivity contribution in [1.82, 2.24) is 10.2 Å². The Hall–Kier alpha value is -2.77. The SMILES string of the molecule is CC(C)Oc1ccccc1Nc1cccc(C2(C)CC(=O)N(C3CCOCC3)C(=N)N2)c1Cl. The van der Waals surface area contributed by atoms with Crippen molar-refractivity contribution in [3.05, 3.63) is 53.1 Å². The lowest BCUT2D eigenvalue weighted by atomic mass is 9.85. The number of carbonyl (C=O) groups excluding carboxylic acids is 1. The van der Waals surface area contributed by atoms with Crippen LogP contribution in [0.5, 0.6) is 5.75 Å². The second-order valence-corrected chi connectivity index (χ2v) is 9.42. The van der Waals surface area contributed by atoms with Gasteiger partial charge < -0.3 is 20.1 Å². The molecule has 8 heteroatoms. The van der Waals surface area contributed by atoms with E-state index in [1.807, 2.05) is 63.2 Å². The average Bonchev–Trinajstić information content (AvgIpc) is 2.76. The zero-order valence-electron chi connectivity index (χ0n) is 19.3. The third kappa shape index (κ3) is 4.94. The van der Waals surface area contributed by atoms with E-state index in [-0.39, 0.29) is 30.4 Å². The molecule has 0 spiro atoms. The Morgan fingerprint density at radius 3 is 2.58 bits per heavy atom. The number of benzene rings is 2. The lowest BCUT2D eigenvalue weighted by Crippen LogP contribution is -2.62. The van der Waals surface area contributed by atoms with Gasteiger partial charge in [0, 0.05) is 19.3 Å². The number of hydrogen-bond acceptors (Lipinski definition) is 5. The molecule has 2 heterocycles. The molecule has 0 aromatic heterocycles. The first-order valence-corrected chi connectivity index (χ1v) is 11.7. The largest absolute Gasteiger partial charge is 0.489 e. The number of carbonyl (C=O) groups is 1. The summed E-state index contributed by atoms with van der Waals surface area (Å²) in [5.41, 5.74) is 1.49. The maximum absolute atomic E-state index is 13.2. The van der Waals surface area contributed by atoms with Crippen molar-refractivity contribution in [2.45, 2.75) is 57.7 Å². The van der Waals surface area contributed by atoms with Gasteiger partial charge in [0.2, 0.25) is 5.91 Å². The monoisotopic (exact) mass is 470 g/mol. The van der Waals surface area contributed by atoms with Crippen molar-refractivity contribution in [3.8, 4) is 5.75 Å². The molecule has 1 amide bonds. The first-order chi connectivity index (χ1) is 15.8. The predicted molar refractivity (Wildman–Crippen MR) is 130 cm³/mol. The maximum atomic E-state index is 13.2. The minimum absolute atomic E-state index is 0.00303. The summed E-state index contributed by atoms with van der Waals surface area (Å²) in [5, 5.41) is 15.7. The third-order valence-electron chi connectivity index (χ3n) is 6.08. The van der Waals surface area contributed by atoms with Crippen LogP contribution in [0.3, 0.4) is 0 Å². The van der Waals surface area contributed by atoms with Crippen molar-refractivity contribution < 1.29 is 14.3 Å². The van der Waals surface area contributed by atoms with Gasteiger partial charge >= 0.3 is 0 Å². The summed E-state index contributed by atoms with van der Waals surface area (Å²) in [4.78, 5) is 14.7. The molecule has 0 aliphatic carbocycles. The van der Waals surface area contributed by atoms with Gasteiger partial charge in [0.1, 0.15) is 5.75 Å². The molecule has 2 aliphatic heterocycles. The fraction of sp³-hybridized carbons (Fsp3) is 0.440. The molecule has 176 valence electrons. The van der Waals surface area contributed by atoms with Gasteiger partial charge in [0.25, 0.3) is 0 Å².